The molecular weight excluding hydrogens is 272 g/mol. The Morgan fingerprint density at radius 1 is 1.58 bits per heavy atom. The summed E-state index contributed by atoms with van der Waals surface area (Å²) < 4.78 is 22.7. The van der Waals surface area contributed by atoms with E-state index in [1.54, 1.807) is 6.07 Å². The number of nitro groups is 1. The first kappa shape index (κ1) is 13.2. The second-order valence-corrected chi connectivity index (χ2v) is 6.40. The number of nitriles is 1. The number of pyridine rings is 1. The quantitative estimate of drug-likeness (QED) is 0.630. The van der Waals surface area contributed by atoms with Crippen LogP contribution in [0.5, 0.6) is 0 Å². The number of sulfone groups is 1. The van der Waals surface area contributed by atoms with Crippen LogP contribution in [-0.2, 0) is 9.84 Å². The van der Waals surface area contributed by atoms with Crippen LogP contribution in [-0.4, -0.2) is 35.9 Å². The fraction of sp³-hybridized carbons (Fsp3) is 0.400. The van der Waals surface area contributed by atoms with Crippen molar-refractivity contribution in [1.82, 2.24) is 4.98 Å². The molecule has 100 valence electrons. The maximum atomic E-state index is 11.3. The second kappa shape index (κ2) is 4.81. The van der Waals surface area contributed by atoms with Gasteiger partial charge in [-0.25, -0.2) is 13.4 Å². The highest BCUT2D eigenvalue weighted by atomic mass is 32.2. The minimum atomic E-state index is -3.09. The smallest absolute Gasteiger partial charge is 0.328 e. The number of rotatable bonds is 3. The molecule has 0 aromatic carbocycles. The predicted octanol–water partition coefficient (Wildman–Crippen LogP) is 0.460. The average Bonchev–Trinajstić information content (AvgIpc) is 2.68. The molecule has 19 heavy (non-hydrogen) atoms. The average molecular weight is 282 g/mol. The van der Waals surface area contributed by atoms with E-state index in [1.165, 1.54) is 12.3 Å². The van der Waals surface area contributed by atoms with Crippen LogP contribution in [0.4, 0.5) is 11.5 Å². The zero-order chi connectivity index (χ0) is 14.0. The van der Waals surface area contributed by atoms with E-state index in [-0.39, 0.29) is 22.9 Å². The molecule has 0 saturated carbocycles. The highest BCUT2D eigenvalue weighted by molar-refractivity contribution is 7.91. The van der Waals surface area contributed by atoms with E-state index in [1.807, 2.05) is 0 Å². The van der Waals surface area contributed by atoms with Crippen LogP contribution >= 0.6 is 0 Å². The summed E-state index contributed by atoms with van der Waals surface area (Å²) in [5, 5.41) is 22.5. The van der Waals surface area contributed by atoms with Gasteiger partial charge >= 0.3 is 5.69 Å². The van der Waals surface area contributed by atoms with Crippen molar-refractivity contribution in [2.45, 2.75) is 12.5 Å². The summed E-state index contributed by atoms with van der Waals surface area (Å²) >= 11 is 0. The molecule has 1 aliphatic rings. The Kier molecular flexibility index (Phi) is 3.35. The molecule has 1 unspecified atom stereocenters. The molecule has 2 heterocycles. The molecule has 0 bridgehead atoms. The number of anilines is 1. The Morgan fingerprint density at radius 3 is 2.84 bits per heavy atom. The van der Waals surface area contributed by atoms with Gasteiger partial charge in [0.1, 0.15) is 11.6 Å². The number of nitrogens with one attached hydrogen (secondary N) is 1. The van der Waals surface area contributed by atoms with Crippen molar-refractivity contribution in [3.8, 4) is 6.07 Å². The summed E-state index contributed by atoms with van der Waals surface area (Å²) in [7, 11) is -3.09. The standard InChI is InChI=1S/C10H10N4O4S/c11-5-7-1-3-12-10(9(7)14(15)16)13-8-2-4-19(17,18)6-8/h1,3,8H,2,4,6H2,(H,12,13). The molecule has 1 saturated heterocycles. The third-order valence-electron chi connectivity index (χ3n) is 2.80. The summed E-state index contributed by atoms with van der Waals surface area (Å²) in [4.78, 5) is 14.1. The summed E-state index contributed by atoms with van der Waals surface area (Å²) in [6.45, 7) is 0. The van der Waals surface area contributed by atoms with Crippen LogP contribution in [0.2, 0.25) is 0 Å². The van der Waals surface area contributed by atoms with Crippen molar-refractivity contribution in [2.75, 3.05) is 16.8 Å². The highest BCUT2D eigenvalue weighted by Gasteiger charge is 2.30. The molecular formula is C10H10N4O4S. The van der Waals surface area contributed by atoms with Gasteiger partial charge in [-0.2, -0.15) is 5.26 Å². The van der Waals surface area contributed by atoms with Crippen molar-refractivity contribution in [3.63, 3.8) is 0 Å². The first-order valence-corrected chi connectivity index (χ1v) is 7.25. The molecule has 1 atom stereocenters. The van der Waals surface area contributed by atoms with Crippen molar-refractivity contribution in [1.29, 1.82) is 5.26 Å². The van der Waals surface area contributed by atoms with Crippen molar-refractivity contribution in [3.05, 3.63) is 27.9 Å². The van der Waals surface area contributed by atoms with Crippen LogP contribution < -0.4 is 5.32 Å². The lowest BCUT2D eigenvalue weighted by Gasteiger charge is -2.11. The van der Waals surface area contributed by atoms with E-state index in [0.29, 0.717) is 6.42 Å². The van der Waals surface area contributed by atoms with E-state index in [2.05, 4.69) is 10.3 Å². The Bertz CT molecular complexity index is 665. The van der Waals surface area contributed by atoms with Crippen molar-refractivity contribution in [2.24, 2.45) is 0 Å². The number of hydrogen-bond acceptors (Lipinski definition) is 7. The Morgan fingerprint density at radius 2 is 2.32 bits per heavy atom. The zero-order valence-corrected chi connectivity index (χ0v) is 10.6. The van der Waals surface area contributed by atoms with Crippen LogP contribution in [0.15, 0.2) is 12.3 Å². The fourth-order valence-corrected chi connectivity index (χ4v) is 3.61. The third-order valence-corrected chi connectivity index (χ3v) is 4.57. The SMILES string of the molecule is N#Cc1ccnc(NC2CCS(=O)(=O)C2)c1[N+](=O)[O-]. The summed E-state index contributed by atoms with van der Waals surface area (Å²) in [6, 6.07) is 2.55. The lowest BCUT2D eigenvalue weighted by atomic mass is 10.2. The minimum absolute atomic E-state index is 0.0520. The van der Waals surface area contributed by atoms with Gasteiger partial charge in [-0.3, -0.25) is 10.1 Å². The van der Waals surface area contributed by atoms with Crippen LogP contribution in [0.1, 0.15) is 12.0 Å². The van der Waals surface area contributed by atoms with E-state index in [9.17, 15) is 18.5 Å². The van der Waals surface area contributed by atoms with Crippen molar-refractivity contribution >= 4 is 21.3 Å². The van der Waals surface area contributed by atoms with E-state index in [4.69, 9.17) is 5.26 Å². The number of hydrogen-bond donors (Lipinski definition) is 1. The van der Waals surface area contributed by atoms with Crippen LogP contribution in [0.25, 0.3) is 0 Å². The lowest BCUT2D eigenvalue weighted by molar-refractivity contribution is -0.384. The minimum Gasteiger partial charge on any atom is -0.361 e. The van der Waals surface area contributed by atoms with Gasteiger partial charge in [0.25, 0.3) is 0 Å². The molecule has 9 heteroatoms. The fourth-order valence-electron chi connectivity index (χ4n) is 1.94. The first-order valence-electron chi connectivity index (χ1n) is 5.43. The van der Waals surface area contributed by atoms with Gasteiger partial charge in [0.05, 0.1) is 16.4 Å². The van der Waals surface area contributed by atoms with Crippen LogP contribution in [0, 0.1) is 21.4 Å². The molecule has 2 rings (SSSR count). The van der Waals surface area contributed by atoms with E-state index >= 15 is 0 Å². The normalized spacial score (nSPS) is 20.7. The van der Waals surface area contributed by atoms with Gasteiger partial charge in [0, 0.05) is 12.2 Å². The molecule has 0 aliphatic carbocycles. The molecule has 1 fully saturated rings. The Balaban J connectivity index is 2.31. The Labute approximate surface area is 109 Å². The lowest BCUT2D eigenvalue weighted by Crippen LogP contribution is -2.22. The highest BCUT2D eigenvalue weighted by Crippen LogP contribution is 2.27. The van der Waals surface area contributed by atoms with E-state index < -0.39 is 26.5 Å². The molecule has 0 spiro atoms. The Hall–Kier alpha value is -2.21. The predicted molar refractivity (Wildman–Crippen MR) is 66.3 cm³/mol. The summed E-state index contributed by atoms with van der Waals surface area (Å²) in [6.07, 6.45) is 1.65. The largest absolute Gasteiger partial charge is 0.361 e. The zero-order valence-electron chi connectivity index (χ0n) is 9.74. The van der Waals surface area contributed by atoms with Gasteiger partial charge in [0.2, 0.25) is 5.82 Å². The van der Waals surface area contributed by atoms with Gasteiger partial charge < -0.3 is 5.32 Å². The molecule has 1 aliphatic heterocycles. The van der Waals surface area contributed by atoms with Crippen LogP contribution in [0.3, 0.4) is 0 Å². The molecule has 0 amide bonds. The van der Waals surface area contributed by atoms with Gasteiger partial charge in [-0.15, -0.1) is 0 Å². The van der Waals surface area contributed by atoms with Gasteiger partial charge in [-0.1, -0.05) is 0 Å². The maximum absolute atomic E-state index is 11.3. The van der Waals surface area contributed by atoms with Crippen molar-refractivity contribution < 1.29 is 13.3 Å². The topological polar surface area (TPSA) is 126 Å². The molecule has 1 aromatic heterocycles. The maximum Gasteiger partial charge on any atom is 0.328 e. The van der Waals surface area contributed by atoms with E-state index in [0.717, 1.165) is 0 Å². The van der Waals surface area contributed by atoms with Gasteiger partial charge in [-0.05, 0) is 12.5 Å². The summed E-state index contributed by atoms with van der Waals surface area (Å²) in [5.74, 6) is -0.0925. The molecule has 1 N–H and O–H groups in total. The molecule has 8 nitrogen and oxygen atoms in total. The number of aromatic nitrogens is 1. The molecule has 0 radical (unpaired) electrons. The third kappa shape index (κ3) is 2.79. The second-order valence-electron chi connectivity index (χ2n) is 4.17. The van der Waals surface area contributed by atoms with Gasteiger partial charge in [0.15, 0.2) is 9.84 Å². The monoisotopic (exact) mass is 282 g/mol. The first-order chi connectivity index (χ1) is 8.93. The number of nitrogens with zero attached hydrogens (tertiary/aromatic N) is 3. The summed E-state index contributed by atoms with van der Waals surface area (Å²) in [5.41, 5.74) is -0.530. The molecule has 1 aromatic rings.